The van der Waals surface area contributed by atoms with E-state index in [9.17, 15) is 4.79 Å². The molecule has 1 aliphatic rings. The first-order chi connectivity index (χ1) is 7.75. The van der Waals surface area contributed by atoms with E-state index in [0.29, 0.717) is 6.04 Å². The van der Waals surface area contributed by atoms with Crippen molar-refractivity contribution < 1.29 is 4.79 Å². The van der Waals surface area contributed by atoms with Crippen molar-refractivity contribution in [3.63, 3.8) is 0 Å². The molecule has 0 aliphatic heterocycles. The molecule has 0 spiro atoms. The second-order valence-corrected chi connectivity index (χ2v) is 3.91. The summed E-state index contributed by atoms with van der Waals surface area (Å²) in [6.45, 7) is 5.58. The van der Waals surface area contributed by atoms with Gasteiger partial charge in [0.2, 0.25) is 5.91 Å². The van der Waals surface area contributed by atoms with Gasteiger partial charge in [-0.2, -0.15) is 0 Å². The average molecular weight is 219 g/mol. The summed E-state index contributed by atoms with van der Waals surface area (Å²) in [7, 11) is 0. The summed E-state index contributed by atoms with van der Waals surface area (Å²) >= 11 is 0. The van der Waals surface area contributed by atoms with Crippen molar-refractivity contribution in [1.82, 2.24) is 5.32 Å². The van der Waals surface area contributed by atoms with Gasteiger partial charge in [0.05, 0.1) is 0 Å². The zero-order chi connectivity index (χ0) is 12.0. The monoisotopic (exact) mass is 219 g/mol. The molecular weight excluding hydrogens is 198 g/mol. The van der Waals surface area contributed by atoms with Crippen LogP contribution in [0.25, 0.3) is 0 Å². The first-order valence-electron chi connectivity index (χ1n) is 6.09. The Hall–Kier alpha value is -1.31. The molecule has 0 aromatic heterocycles. The summed E-state index contributed by atoms with van der Waals surface area (Å²) in [5.41, 5.74) is 2.83. The predicted octanol–water partition coefficient (Wildman–Crippen LogP) is 2.71. The van der Waals surface area contributed by atoms with Gasteiger partial charge in [-0.05, 0) is 30.4 Å². The third-order valence-electron chi connectivity index (χ3n) is 2.75. The third-order valence-corrected chi connectivity index (χ3v) is 2.75. The Morgan fingerprint density at radius 1 is 1.25 bits per heavy atom. The largest absolute Gasteiger partial charge is 0.353 e. The summed E-state index contributed by atoms with van der Waals surface area (Å²) in [6.07, 6.45) is 3.13. The van der Waals surface area contributed by atoms with Crippen LogP contribution in [0.1, 0.15) is 38.3 Å². The van der Waals surface area contributed by atoms with Crippen molar-refractivity contribution in [1.29, 1.82) is 0 Å². The minimum Gasteiger partial charge on any atom is -0.353 e. The zero-order valence-electron chi connectivity index (χ0n) is 10.4. The fraction of sp³-hybridized carbons (Fsp3) is 0.500. The highest BCUT2D eigenvalue weighted by Gasteiger charge is 2.18. The number of nitrogens with one attached hydrogen (secondary N) is 1. The number of hydrogen-bond acceptors (Lipinski definition) is 1. The van der Waals surface area contributed by atoms with Gasteiger partial charge in [0, 0.05) is 13.0 Å². The molecule has 0 fully saturated rings. The molecule has 1 N–H and O–H groups in total. The van der Waals surface area contributed by atoms with Crippen LogP contribution in [0, 0.1) is 0 Å². The highest BCUT2D eigenvalue weighted by molar-refractivity contribution is 5.73. The van der Waals surface area contributed by atoms with Crippen LogP contribution in [0.3, 0.4) is 0 Å². The van der Waals surface area contributed by atoms with E-state index in [1.807, 2.05) is 13.8 Å². The zero-order valence-corrected chi connectivity index (χ0v) is 10.4. The standard InChI is InChI=1S/C12H15NO.C2H6/c1-9(14)13-12-7-6-10-4-2-3-5-11(10)8-12;1-2/h2-5,12H,6-8H2,1H3,(H,13,14);1-2H3. The quantitative estimate of drug-likeness (QED) is 0.773. The fourth-order valence-electron chi connectivity index (χ4n) is 2.11. The van der Waals surface area contributed by atoms with Gasteiger partial charge < -0.3 is 5.32 Å². The predicted molar refractivity (Wildman–Crippen MR) is 67.4 cm³/mol. The molecule has 2 heteroatoms. The second kappa shape index (κ2) is 6.31. The minimum atomic E-state index is 0.0781. The SMILES string of the molecule is CC.CC(=O)NC1CCc2ccccc2C1. The molecule has 0 heterocycles. The molecule has 0 saturated carbocycles. The molecule has 2 rings (SSSR count). The smallest absolute Gasteiger partial charge is 0.217 e. The van der Waals surface area contributed by atoms with Crippen LogP contribution in [-0.4, -0.2) is 11.9 Å². The molecule has 0 bridgehead atoms. The molecular formula is C14H21NO. The van der Waals surface area contributed by atoms with Crippen molar-refractivity contribution in [2.75, 3.05) is 0 Å². The van der Waals surface area contributed by atoms with Crippen LogP contribution in [-0.2, 0) is 17.6 Å². The number of amides is 1. The summed E-state index contributed by atoms with van der Waals surface area (Å²) < 4.78 is 0. The lowest BCUT2D eigenvalue weighted by Crippen LogP contribution is -2.37. The summed E-state index contributed by atoms with van der Waals surface area (Å²) in [6, 6.07) is 8.82. The van der Waals surface area contributed by atoms with Gasteiger partial charge in [-0.3, -0.25) is 4.79 Å². The van der Waals surface area contributed by atoms with Crippen LogP contribution >= 0.6 is 0 Å². The van der Waals surface area contributed by atoms with Gasteiger partial charge in [-0.15, -0.1) is 0 Å². The second-order valence-electron chi connectivity index (χ2n) is 3.91. The van der Waals surface area contributed by atoms with E-state index in [1.165, 1.54) is 11.1 Å². The topological polar surface area (TPSA) is 29.1 Å². The van der Waals surface area contributed by atoms with Crippen molar-refractivity contribution in [3.05, 3.63) is 35.4 Å². The molecule has 2 nitrogen and oxygen atoms in total. The van der Waals surface area contributed by atoms with E-state index in [0.717, 1.165) is 19.3 Å². The maximum atomic E-state index is 10.9. The van der Waals surface area contributed by atoms with Gasteiger partial charge in [0.15, 0.2) is 0 Å². The van der Waals surface area contributed by atoms with Crippen LogP contribution in [0.2, 0.25) is 0 Å². The van der Waals surface area contributed by atoms with Gasteiger partial charge in [-0.1, -0.05) is 38.1 Å². The van der Waals surface area contributed by atoms with Crippen LogP contribution < -0.4 is 5.32 Å². The first-order valence-corrected chi connectivity index (χ1v) is 6.09. The number of rotatable bonds is 1. The van der Waals surface area contributed by atoms with E-state index < -0.39 is 0 Å². The summed E-state index contributed by atoms with van der Waals surface area (Å²) in [4.78, 5) is 10.9. The van der Waals surface area contributed by atoms with Crippen LogP contribution in [0.5, 0.6) is 0 Å². The normalized spacial score (nSPS) is 17.8. The number of carbonyl (C=O) groups excluding carboxylic acids is 1. The molecule has 0 radical (unpaired) electrons. The molecule has 1 atom stereocenters. The van der Waals surface area contributed by atoms with Gasteiger partial charge in [0.25, 0.3) is 0 Å². The number of benzene rings is 1. The molecule has 1 amide bonds. The minimum absolute atomic E-state index is 0.0781. The van der Waals surface area contributed by atoms with Crippen LogP contribution in [0.15, 0.2) is 24.3 Å². The lowest BCUT2D eigenvalue weighted by molar-refractivity contribution is -0.119. The Morgan fingerprint density at radius 3 is 2.50 bits per heavy atom. The lowest BCUT2D eigenvalue weighted by atomic mass is 9.88. The maximum Gasteiger partial charge on any atom is 0.217 e. The Kier molecular flexibility index (Phi) is 5.03. The van der Waals surface area contributed by atoms with E-state index in [-0.39, 0.29) is 5.91 Å². The van der Waals surface area contributed by atoms with Crippen LogP contribution in [0.4, 0.5) is 0 Å². The number of fused-ring (bicyclic) bond motifs is 1. The average Bonchev–Trinajstić information content (AvgIpc) is 2.31. The molecule has 0 saturated heterocycles. The molecule has 1 aromatic rings. The van der Waals surface area contributed by atoms with E-state index in [4.69, 9.17) is 0 Å². The van der Waals surface area contributed by atoms with Crippen molar-refractivity contribution >= 4 is 5.91 Å². The van der Waals surface area contributed by atoms with E-state index in [2.05, 4.69) is 29.6 Å². The fourth-order valence-corrected chi connectivity index (χ4v) is 2.11. The molecule has 16 heavy (non-hydrogen) atoms. The highest BCUT2D eigenvalue weighted by atomic mass is 16.1. The lowest BCUT2D eigenvalue weighted by Gasteiger charge is -2.24. The Balaban J connectivity index is 0.000000606. The summed E-state index contributed by atoms with van der Waals surface area (Å²) in [5, 5.41) is 2.98. The van der Waals surface area contributed by atoms with E-state index >= 15 is 0 Å². The first kappa shape index (κ1) is 12.8. The number of carbonyl (C=O) groups is 1. The Bertz CT molecular complexity index is 346. The third kappa shape index (κ3) is 3.37. The highest BCUT2D eigenvalue weighted by Crippen LogP contribution is 2.20. The molecule has 1 aromatic carbocycles. The Morgan fingerprint density at radius 2 is 1.88 bits per heavy atom. The van der Waals surface area contributed by atoms with Gasteiger partial charge in [-0.25, -0.2) is 0 Å². The van der Waals surface area contributed by atoms with Crippen molar-refractivity contribution in [2.24, 2.45) is 0 Å². The van der Waals surface area contributed by atoms with E-state index in [1.54, 1.807) is 6.92 Å². The molecule has 1 aliphatic carbocycles. The van der Waals surface area contributed by atoms with Crippen molar-refractivity contribution in [2.45, 2.75) is 46.1 Å². The van der Waals surface area contributed by atoms with Crippen molar-refractivity contribution in [3.8, 4) is 0 Å². The number of aryl methyl sites for hydroxylation is 1. The maximum absolute atomic E-state index is 10.9. The number of hydrogen-bond donors (Lipinski definition) is 1. The van der Waals surface area contributed by atoms with Gasteiger partial charge >= 0.3 is 0 Å². The molecule has 88 valence electrons. The van der Waals surface area contributed by atoms with Gasteiger partial charge in [0.1, 0.15) is 0 Å². The Labute approximate surface area is 98.1 Å². The summed E-state index contributed by atoms with van der Waals surface area (Å²) in [5.74, 6) is 0.0781. The molecule has 1 unspecified atom stereocenters.